The second kappa shape index (κ2) is 36.8. The van der Waals surface area contributed by atoms with Gasteiger partial charge >= 0.3 is 11.9 Å². The van der Waals surface area contributed by atoms with E-state index in [4.69, 9.17) is 9.84 Å². The maximum Gasteiger partial charge on any atom is 0.306 e. The molecule has 0 saturated heterocycles. The molecule has 0 aromatic carbocycles. The fourth-order valence-electron chi connectivity index (χ4n) is 5.19. The van der Waals surface area contributed by atoms with E-state index in [0.29, 0.717) is 12.8 Å². The van der Waals surface area contributed by atoms with Gasteiger partial charge in [0.15, 0.2) is 0 Å². The molecular weight excluding hydrogens is 568 g/mol. The Morgan fingerprint density at radius 3 is 1.39 bits per heavy atom. The summed E-state index contributed by atoms with van der Waals surface area (Å²) < 4.78 is 5.92. The third-order valence-electron chi connectivity index (χ3n) is 7.94. The first-order valence-electron chi connectivity index (χ1n) is 18.9. The van der Waals surface area contributed by atoms with Crippen LogP contribution in [0.15, 0.2) is 72.9 Å². The standard InChI is InChI=1S/C42H70O4/c1-3-5-7-8-9-10-11-12-13-14-15-16-17-18-19-20-21-25-28-31-35-39-42(45)46-40(36-32-6-4-2)37-33-29-26-23-22-24-27-30-34-38-41(43)44/h5,7,9-10,12-13,15-16,18-19,21,25,40H,3-4,6,8,11,14,17,20,22-24,26-39H2,1-2H3,(H,43,44)/b7-5-,10-9-,13-12-,16-15-,19-18-,25-21-. The van der Waals surface area contributed by atoms with Gasteiger partial charge in [-0.15, -0.1) is 0 Å². The highest BCUT2D eigenvalue weighted by Crippen LogP contribution is 2.18. The minimum Gasteiger partial charge on any atom is -0.481 e. The van der Waals surface area contributed by atoms with Gasteiger partial charge in [-0.05, 0) is 89.9 Å². The second-order valence-electron chi connectivity index (χ2n) is 12.4. The topological polar surface area (TPSA) is 63.6 Å². The van der Waals surface area contributed by atoms with Crippen LogP contribution in [0.3, 0.4) is 0 Å². The summed E-state index contributed by atoms with van der Waals surface area (Å²) in [6, 6.07) is 0. The van der Waals surface area contributed by atoms with Crippen LogP contribution in [-0.2, 0) is 14.3 Å². The van der Waals surface area contributed by atoms with E-state index in [1.807, 2.05) is 0 Å². The number of ether oxygens (including phenoxy) is 1. The molecule has 262 valence electrons. The highest BCUT2D eigenvalue weighted by atomic mass is 16.5. The summed E-state index contributed by atoms with van der Waals surface area (Å²) in [7, 11) is 0. The van der Waals surface area contributed by atoms with E-state index in [2.05, 4.69) is 86.8 Å². The number of carbonyl (C=O) groups excluding carboxylic acids is 1. The molecule has 1 N–H and O–H groups in total. The number of esters is 1. The summed E-state index contributed by atoms with van der Waals surface area (Å²) in [5.41, 5.74) is 0. The molecule has 0 fully saturated rings. The summed E-state index contributed by atoms with van der Waals surface area (Å²) in [5, 5.41) is 8.69. The minimum absolute atomic E-state index is 0.0212. The normalized spacial score (nSPS) is 13.1. The summed E-state index contributed by atoms with van der Waals surface area (Å²) in [6.45, 7) is 4.37. The summed E-state index contributed by atoms with van der Waals surface area (Å²) >= 11 is 0. The van der Waals surface area contributed by atoms with Gasteiger partial charge in [-0.1, -0.05) is 145 Å². The number of carboxylic acid groups (broad SMARTS) is 1. The highest BCUT2D eigenvalue weighted by Gasteiger charge is 2.14. The molecule has 46 heavy (non-hydrogen) atoms. The SMILES string of the molecule is CC/C=C\C/C=C\C/C=C\C/C=C\C/C=C\C/C=C\CCCCC(=O)OC(CCCCC)CCCCCCCCCCCC(=O)O. The van der Waals surface area contributed by atoms with E-state index in [1.54, 1.807) is 0 Å². The van der Waals surface area contributed by atoms with Crippen LogP contribution in [0.25, 0.3) is 0 Å². The molecule has 4 heteroatoms. The van der Waals surface area contributed by atoms with Crippen LogP contribution < -0.4 is 0 Å². The maximum atomic E-state index is 12.5. The molecule has 0 aromatic rings. The van der Waals surface area contributed by atoms with E-state index in [-0.39, 0.29) is 12.1 Å². The monoisotopic (exact) mass is 639 g/mol. The van der Waals surface area contributed by atoms with Crippen LogP contribution in [0.2, 0.25) is 0 Å². The first-order valence-corrected chi connectivity index (χ1v) is 18.9. The Labute approximate surface area is 284 Å². The quantitative estimate of drug-likeness (QED) is 0.0441. The predicted molar refractivity (Wildman–Crippen MR) is 199 cm³/mol. The van der Waals surface area contributed by atoms with Gasteiger partial charge in [0.25, 0.3) is 0 Å². The van der Waals surface area contributed by atoms with Crippen molar-refractivity contribution in [1.82, 2.24) is 0 Å². The summed E-state index contributed by atoms with van der Waals surface area (Å²) in [6.07, 6.45) is 52.3. The molecule has 1 atom stereocenters. The zero-order chi connectivity index (χ0) is 33.6. The van der Waals surface area contributed by atoms with Gasteiger partial charge in [0.1, 0.15) is 6.10 Å². The summed E-state index contributed by atoms with van der Waals surface area (Å²) in [4.78, 5) is 23.1. The first-order chi connectivity index (χ1) is 22.6. The fraction of sp³-hybridized carbons (Fsp3) is 0.667. The average molecular weight is 639 g/mol. The molecule has 0 amide bonds. The lowest BCUT2D eigenvalue weighted by Gasteiger charge is -2.18. The lowest BCUT2D eigenvalue weighted by molar-refractivity contribution is -0.150. The molecule has 0 bridgehead atoms. The van der Waals surface area contributed by atoms with Gasteiger partial charge in [-0.2, -0.15) is 0 Å². The molecule has 1 unspecified atom stereocenters. The largest absolute Gasteiger partial charge is 0.481 e. The van der Waals surface area contributed by atoms with E-state index in [0.717, 1.165) is 103 Å². The van der Waals surface area contributed by atoms with Crippen molar-refractivity contribution in [2.45, 2.75) is 180 Å². The Morgan fingerprint density at radius 1 is 0.500 bits per heavy atom. The molecular formula is C42H70O4. The third kappa shape index (κ3) is 35.9. The number of aliphatic carboxylic acids is 1. The van der Waals surface area contributed by atoms with Crippen molar-refractivity contribution in [3.05, 3.63) is 72.9 Å². The van der Waals surface area contributed by atoms with Gasteiger partial charge in [0.05, 0.1) is 0 Å². The van der Waals surface area contributed by atoms with Crippen molar-refractivity contribution < 1.29 is 19.4 Å². The predicted octanol–water partition coefficient (Wildman–Crippen LogP) is 13.1. The molecule has 0 aromatic heterocycles. The first kappa shape index (κ1) is 43.4. The van der Waals surface area contributed by atoms with Gasteiger partial charge < -0.3 is 9.84 Å². The molecule has 0 aliphatic heterocycles. The third-order valence-corrected chi connectivity index (χ3v) is 7.94. The Morgan fingerprint density at radius 2 is 0.913 bits per heavy atom. The number of hydrogen-bond acceptors (Lipinski definition) is 3. The van der Waals surface area contributed by atoms with Crippen LogP contribution in [0, 0.1) is 0 Å². The molecule has 0 spiro atoms. The number of allylic oxidation sites excluding steroid dienone is 12. The Balaban J connectivity index is 3.88. The zero-order valence-electron chi connectivity index (χ0n) is 29.9. The van der Waals surface area contributed by atoms with Crippen molar-refractivity contribution in [2.75, 3.05) is 0 Å². The van der Waals surface area contributed by atoms with Crippen LogP contribution in [0.4, 0.5) is 0 Å². The molecule has 0 aliphatic carbocycles. The van der Waals surface area contributed by atoms with E-state index < -0.39 is 5.97 Å². The zero-order valence-corrected chi connectivity index (χ0v) is 29.9. The molecule has 0 rings (SSSR count). The smallest absolute Gasteiger partial charge is 0.306 e. The number of hydrogen-bond donors (Lipinski definition) is 1. The van der Waals surface area contributed by atoms with Crippen LogP contribution in [0.5, 0.6) is 0 Å². The van der Waals surface area contributed by atoms with Crippen molar-refractivity contribution >= 4 is 11.9 Å². The lowest BCUT2D eigenvalue weighted by atomic mass is 10.0. The maximum absolute atomic E-state index is 12.5. The van der Waals surface area contributed by atoms with E-state index in [1.165, 1.54) is 44.9 Å². The van der Waals surface area contributed by atoms with Gasteiger partial charge in [0.2, 0.25) is 0 Å². The Hall–Kier alpha value is -2.62. The van der Waals surface area contributed by atoms with Crippen molar-refractivity contribution in [3.63, 3.8) is 0 Å². The van der Waals surface area contributed by atoms with Crippen LogP contribution in [-0.4, -0.2) is 23.1 Å². The Kier molecular flexibility index (Phi) is 34.7. The van der Waals surface area contributed by atoms with Crippen molar-refractivity contribution in [2.24, 2.45) is 0 Å². The fourth-order valence-corrected chi connectivity index (χ4v) is 5.19. The molecule has 0 aliphatic rings. The van der Waals surface area contributed by atoms with Crippen molar-refractivity contribution in [3.8, 4) is 0 Å². The van der Waals surface area contributed by atoms with Crippen LogP contribution >= 0.6 is 0 Å². The minimum atomic E-state index is -0.685. The molecule has 4 nitrogen and oxygen atoms in total. The van der Waals surface area contributed by atoms with E-state index >= 15 is 0 Å². The molecule has 0 radical (unpaired) electrons. The molecule has 0 heterocycles. The second-order valence-corrected chi connectivity index (χ2v) is 12.4. The average Bonchev–Trinajstić information content (AvgIpc) is 3.04. The number of unbranched alkanes of at least 4 members (excludes halogenated alkanes) is 12. The Bertz CT molecular complexity index is 861. The number of carbonyl (C=O) groups is 2. The van der Waals surface area contributed by atoms with Crippen molar-refractivity contribution in [1.29, 1.82) is 0 Å². The number of rotatable bonds is 33. The van der Waals surface area contributed by atoms with Gasteiger partial charge in [-0.3, -0.25) is 9.59 Å². The molecule has 0 saturated carbocycles. The highest BCUT2D eigenvalue weighted by molar-refractivity contribution is 5.69. The summed E-state index contributed by atoms with van der Waals surface area (Å²) in [5.74, 6) is -0.706. The van der Waals surface area contributed by atoms with Crippen LogP contribution in [0.1, 0.15) is 174 Å². The number of carboxylic acids is 1. The van der Waals surface area contributed by atoms with E-state index in [9.17, 15) is 9.59 Å². The van der Waals surface area contributed by atoms with Gasteiger partial charge in [0, 0.05) is 12.8 Å². The lowest BCUT2D eigenvalue weighted by Crippen LogP contribution is -2.18. The van der Waals surface area contributed by atoms with Gasteiger partial charge in [-0.25, -0.2) is 0 Å².